The van der Waals surface area contributed by atoms with Crippen molar-refractivity contribution in [1.82, 2.24) is 5.32 Å². The number of halogens is 1. The molecule has 1 aromatic carbocycles. The molecule has 2 aromatic rings. The first kappa shape index (κ1) is 13.4. The van der Waals surface area contributed by atoms with E-state index in [9.17, 15) is 14.0 Å². The lowest BCUT2D eigenvalue weighted by Crippen LogP contribution is -2.26. The lowest BCUT2D eigenvalue weighted by atomic mass is 10.1. The molecule has 0 fully saturated rings. The largest absolute Gasteiger partial charge is 0.475 e. The Hall–Kier alpha value is -2.63. The Labute approximate surface area is 119 Å². The highest BCUT2D eigenvalue weighted by molar-refractivity contribution is 5.93. The highest BCUT2D eigenvalue weighted by atomic mass is 19.1. The lowest BCUT2D eigenvalue weighted by Gasteiger charge is -2.13. The number of aryl methyl sites for hydroxylation is 1. The number of amides is 1. The van der Waals surface area contributed by atoms with Gasteiger partial charge in [-0.15, -0.1) is 0 Å². The number of benzene rings is 1. The van der Waals surface area contributed by atoms with E-state index in [1.54, 1.807) is 6.07 Å². The van der Waals surface area contributed by atoms with Crippen LogP contribution in [0.25, 0.3) is 0 Å². The van der Waals surface area contributed by atoms with Crippen LogP contribution >= 0.6 is 0 Å². The summed E-state index contributed by atoms with van der Waals surface area (Å²) in [6.45, 7) is 0. The zero-order valence-corrected chi connectivity index (χ0v) is 10.9. The molecule has 1 atom stereocenters. The zero-order chi connectivity index (χ0) is 15.0. The molecule has 3 rings (SSSR count). The third kappa shape index (κ3) is 2.52. The van der Waals surface area contributed by atoms with Crippen molar-refractivity contribution < 1.29 is 23.5 Å². The number of rotatable bonds is 3. The molecule has 21 heavy (non-hydrogen) atoms. The number of hydrogen-bond donors (Lipinski definition) is 2. The van der Waals surface area contributed by atoms with Crippen molar-refractivity contribution in [3.05, 3.63) is 58.8 Å². The number of aromatic carboxylic acids is 1. The van der Waals surface area contributed by atoms with Gasteiger partial charge in [0.25, 0.3) is 5.91 Å². The van der Waals surface area contributed by atoms with Gasteiger partial charge in [-0.1, -0.05) is 6.07 Å². The summed E-state index contributed by atoms with van der Waals surface area (Å²) in [4.78, 5) is 22.8. The van der Waals surface area contributed by atoms with Gasteiger partial charge < -0.3 is 14.8 Å². The maximum Gasteiger partial charge on any atom is 0.371 e. The van der Waals surface area contributed by atoms with Crippen molar-refractivity contribution in [3.63, 3.8) is 0 Å². The molecule has 0 saturated heterocycles. The minimum Gasteiger partial charge on any atom is -0.475 e. The summed E-state index contributed by atoms with van der Waals surface area (Å²) in [6, 6.07) is 6.76. The predicted octanol–water partition coefficient (Wildman–Crippen LogP) is 2.53. The van der Waals surface area contributed by atoms with Gasteiger partial charge >= 0.3 is 5.97 Å². The van der Waals surface area contributed by atoms with Crippen LogP contribution in [0.1, 0.15) is 44.7 Å². The topological polar surface area (TPSA) is 79.5 Å². The summed E-state index contributed by atoms with van der Waals surface area (Å²) in [7, 11) is 0. The summed E-state index contributed by atoms with van der Waals surface area (Å²) < 4.78 is 18.2. The van der Waals surface area contributed by atoms with Gasteiger partial charge in [0, 0.05) is 0 Å². The number of carboxylic acids is 1. The van der Waals surface area contributed by atoms with Crippen LogP contribution in [0.5, 0.6) is 0 Å². The molecule has 1 heterocycles. The standard InChI is InChI=1S/C15H12FNO4/c16-9-3-1-8-2-4-11(10(8)7-9)17-14(18)12-5-6-13(21-12)15(19)20/h1,3,5-7,11H,2,4H2,(H,17,18)(H,19,20)/t11-/m0/s1. The third-order valence-corrected chi connectivity index (χ3v) is 3.53. The Kier molecular flexibility index (Phi) is 3.21. The van der Waals surface area contributed by atoms with Crippen LogP contribution in [0.3, 0.4) is 0 Å². The number of hydrogen-bond acceptors (Lipinski definition) is 3. The predicted molar refractivity (Wildman–Crippen MR) is 70.6 cm³/mol. The Morgan fingerprint density at radius 3 is 2.71 bits per heavy atom. The zero-order valence-electron chi connectivity index (χ0n) is 10.9. The van der Waals surface area contributed by atoms with Gasteiger partial charge in [0.2, 0.25) is 5.76 Å². The monoisotopic (exact) mass is 289 g/mol. The molecule has 5 nitrogen and oxygen atoms in total. The molecule has 0 aliphatic heterocycles. The normalized spacial score (nSPS) is 16.5. The van der Waals surface area contributed by atoms with Crippen molar-refractivity contribution in [2.24, 2.45) is 0 Å². The van der Waals surface area contributed by atoms with Crippen molar-refractivity contribution in [1.29, 1.82) is 0 Å². The lowest BCUT2D eigenvalue weighted by molar-refractivity contribution is 0.0659. The van der Waals surface area contributed by atoms with Crippen LogP contribution in [0, 0.1) is 5.82 Å². The molecule has 1 amide bonds. The van der Waals surface area contributed by atoms with E-state index in [0.29, 0.717) is 6.42 Å². The molecule has 0 saturated carbocycles. The van der Waals surface area contributed by atoms with E-state index < -0.39 is 11.9 Å². The van der Waals surface area contributed by atoms with Crippen molar-refractivity contribution in [2.75, 3.05) is 0 Å². The Morgan fingerprint density at radius 2 is 2.00 bits per heavy atom. The summed E-state index contributed by atoms with van der Waals surface area (Å²) in [5.74, 6) is -2.46. The average Bonchev–Trinajstić information content (AvgIpc) is 3.06. The molecule has 0 radical (unpaired) electrons. The van der Waals surface area contributed by atoms with Crippen LogP contribution in [0.4, 0.5) is 4.39 Å². The summed E-state index contributed by atoms with van der Waals surface area (Å²) in [5, 5.41) is 11.5. The molecule has 1 aliphatic carbocycles. The molecule has 0 unspecified atom stereocenters. The van der Waals surface area contributed by atoms with E-state index in [0.717, 1.165) is 17.5 Å². The third-order valence-electron chi connectivity index (χ3n) is 3.53. The van der Waals surface area contributed by atoms with E-state index in [1.165, 1.54) is 24.3 Å². The van der Waals surface area contributed by atoms with E-state index >= 15 is 0 Å². The highest BCUT2D eigenvalue weighted by Crippen LogP contribution is 2.31. The fourth-order valence-corrected chi connectivity index (χ4v) is 2.53. The SMILES string of the molecule is O=C(O)c1ccc(C(=O)N[C@H]2CCc3ccc(F)cc32)o1. The minimum absolute atomic E-state index is 0.0720. The van der Waals surface area contributed by atoms with Gasteiger partial charge in [0.15, 0.2) is 5.76 Å². The first-order valence-corrected chi connectivity index (χ1v) is 6.47. The molecule has 6 heteroatoms. The van der Waals surface area contributed by atoms with Crippen molar-refractivity contribution in [3.8, 4) is 0 Å². The number of carboxylic acid groups (broad SMARTS) is 1. The quantitative estimate of drug-likeness (QED) is 0.910. The maximum atomic E-state index is 13.3. The van der Waals surface area contributed by atoms with E-state index in [-0.39, 0.29) is 23.4 Å². The highest BCUT2D eigenvalue weighted by Gasteiger charge is 2.26. The van der Waals surface area contributed by atoms with E-state index in [1.807, 2.05) is 0 Å². The second-order valence-electron chi connectivity index (χ2n) is 4.88. The van der Waals surface area contributed by atoms with Crippen LogP contribution in [-0.4, -0.2) is 17.0 Å². The van der Waals surface area contributed by atoms with Crippen LogP contribution in [-0.2, 0) is 6.42 Å². The van der Waals surface area contributed by atoms with E-state index in [2.05, 4.69) is 5.32 Å². The molecule has 0 spiro atoms. The number of fused-ring (bicyclic) bond motifs is 1. The molecular formula is C15H12FNO4. The Bertz CT molecular complexity index is 722. The van der Waals surface area contributed by atoms with Gasteiger partial charge in [-0.3, -0.25) is 4.79 Å². The summed E-state index contributed by atoms with van der Waals surface area (Å²) in [6.07, 6.45) is 1.44. The molecular weight excluding hydrogens is 277 g/mol. The number of carbonyl (C=O) groups is 2. The summed E-state index contributed by atoms with van der Waals surface area (Å²) >= 11 is 0. The average molecular weight is 289 g/mol. The van der Waals surface area contributed by atoms with Crippen LogP contribution in [0.15, 0.2) is 34.7 Å². The smallest absolute Gasteiger partial charge is 0.371 e. The summed E-state index contributed by atoms with van der Waals surface area (Å²) in [5.41, 5.74) is 1.76. The maximum absolute atomic E-state index is 13.3. The molecule has 1 aromatic heterocycles. The molecule has 108 valence electrons. The fraction of sp³-hybridized carbons (Fsp3) is 0.200. The number of furan rings is 1. The van der Waals surface area contributed by atoms with Gasteiger partial charge in [-0.25, -0.2) is 9.18 Å². The van der Waals surface area contributed by atoms with E-state index in [4.69, 9.17) is 9.52 Å². The van der Waals surface area contributed by atoms with Crippen LogP contribution in [0.2, 0.25) is 0 Å². The number of nitrogens with one attached hydrogen (secondary N) is 1. The first-order valence-electron chi connectivity index (χ1n) is 6.47. The molecule has 1 aliphatic rings. The van der Waals surface area contributed by atoms with Crippen molar-refractivity contribution >= 4 is 11.9 Å². The Morgan fingerprint density at radius 1 is 1.24 bits per heavy atom. The van der Waals surface area contributed by atoms with Crippen molar-refractivity contribution in [2.45, 2.75) is 18.9 Å². The first-order chi connectivity index (χ1) is 10.0. The number of carbonyl (C=O) groups excluding carboxylic acids is 1. The Balaban J connectivity index is 1.77. The second kappa shape index (κ2) is 5.05. The molecule has 0 bridgehead atoms. The van der Waals surface area contributed by atoms with Gasteiger partial charge in [-0.2, -0.15) is 0 Å². The van der Waals surface area contributed by atoms with Gasteiger partial charge in [0.1, 0.15) is 5.82 Å². The fourth-order valence-electron chi connectivity index (χ4n) is 2.53. The van der Waals surface area contributed by atoms with Gasteiger partial charge in [-0.05, 0) is 48.2 Å². The molecule has 2 N–H and O–H groups in total. The second-order valence-corrected chi connectivity index (χ2v) is 4.88. The van der Waals surface area contributed by atoms with Gasteiger partial charge in [0.05, 0.1) is 6.04 Å². The van der Waals surface area contributed by atoms with Crippen LogP contribution < -0.4 is 5.32 Å². The minimum atomic E-state index is -1.23.